The topological polar surface area (TPSA) is 64.2 Å². The van der Waals surface area contributed by atoms with Crippen molar-refractivity contribution in [3.05, 3.63) is 45.2 Å². The number of hydrogen-bond donors (Lipinski definition) is 1. The van der Waals surface area contributed by atoms with Gasteiger partial charge in [0, 0.05) is 12.1 Å². The third-order valence-corrected chi connectivity index (χ3v) is 2.79. The number of H-pyrrole nitrogens is 1. The molecular weight excluding hydrogens is 268 g/mol. The molecule has 0 bridgehead atoms. The molecule has 1 aromatic heterocycles. The summed E-state index contributed by atoms with van der Waals surface area (Å²) >= 11 is 5.63. The van der Waals surface area contributed by atoms with Crippen molar-refractivity contribution in [2.75, 3.05) is 7.11 Å². The first-order valence-electron chi connectivity index (χ1n) is 5.74. The van der Waals surface area contributed by atoms with Crippen LogP contribution >= 0.6 is 11.6 Å². The Labute approximate surface area is 115 Å². The summed E-state index contributed by atoms with van der Waals surface area (Å²) < 4.78 is 10.7. The highest BCUT2D eigenvalue weighted by molar-refractivity contribution is 6.29. The highest BCUT2D eigenvalue weighted by Gasteiger charge is 2.10. The van der Waals surface area contributed by atoms with E-state index in [0.717, 1.165) is 12.0 Å². The standard InChI is InChI=1S/C13H13ClN2O3/c1-3-8-4-5-9(18-2)6-11(8)19-13-10(17)7-12(14)15-16-13/h4-7H,3H2,1-2H3,(H,15,17). The van der Waals surface area contributed by atoms with Crippen molar-refractivity contribution >= 4 is 11.6 Å². The van der Waals surface area contributed by atoms with Crippen LogP contribution in [0.2, 0.25) is 5.15 Å². The zero-order chi connectivity index (χ0) is 13.8. The zero-order valence-corrected chi connectivity index (χ0v) is 11.3. The first kappa shape index (κ1) is 13.4. The Morgan fingerprint density at radius 3 is 2.79 bits per heavy atom. The number of aryl methyl sites for hydroxylation is 1. The third-order valence-electron chi connectivity index (χ3n) is 2.59. The second-order valence-electron chi connectivity index (χ2n) is 3.81. The Morgan fingerprint density at radius 1 is 1.37 bits per heavy atom. The molecule has 0 unspecified atom stereocenters. The van der Waals surface area contributed by atoms with E-state index in [0.29, 0.717) is 11.5 Å². The van der Waals surface area contributed by atoms with Crippen molar-refractivity contribution < 1.29 is 9.47 Å². The van der Waals surface area contributed by atoms with Gasteiger partial charge in [0.1, 0.15) is 16.7 Å². The van der Waals surface area contributed by atoms with Crippen molar-refractivity contribution in [2.45, 2.75) is 13.3 Å². The Hall–Kier alpha value is -2.01. The van der Waals surface area contributed by atoms with E-state index in [2.05, 4.69) is 10.2 Å². The first-order chi connectivity index (χ1) is 9.13. The lowest BCUT2D eigenvalue weighted by atomic mass is 10.1. The molecule has 0 spiro atoms. The van der Waals surface area contributed by atoms with Gasteiger partial charge in [0.25, 0.3) is 5.88 Å². The summed E-state index contributed by atoms with van der Waals surface area (Å²) in [7, 11) is 1.57. The summed E-state index contributed by atoms with van der Waals surface area (Å²) in [6.45, 7) is 1.99. The smallest absolute Gasteiger partial charge is 0.285 e. The molecule has 0 aliphatic carbocycles. The molecule has 5 nitrogen and oxygen atoms in total. The number of rotatable bonds is 4. The largest absolute Gasteiger partial charge is 0.497 e. The predicted molar refractivity (Wildman–Crippen MR) is 72.3 cm³/mol. The van der Waals surface area contributed by atoms with E-state index in [4.69, 9.17) is 21.1 Å². The number of hydrogen-bond acceptors (Lipinski definition) is 4. The molecule has 0 saturated heterocycles. The summed E-state index contributed by atoms with van der Waals surface area (Å²) in [5, 5.41) is 6.42. The molecule has 0 saturated carbocycles. The van der Waals surface area contributed by atoms with Crippen LogP contribution in [-0.2, 0) is 6.42 Å². The summed E-state index contributed by atoms with van der Waals surface area (Å²) in [6, 6.07) is 6.66. The second-order valence-corrected chi connectivity index (χ2v) is 4.22. The average Bonchev–Trinajstić information content (AvgIpc) is 2.41. The monoisotopic (exact) mass is 280 g/mol. The molecule has 1 N–H and O–H groups in total. The Kier molecular flexibility index (Phi) is 4.06. The lowest BCUT2D eigenvalue weighted by Crippen LogP contribution is -2.08. The minimum Gasteiger partial charge on any atom is -0.497 e. The van der Waals surface area contributed by atoms with E-state index in [1.807, 2.05) is 19.1 Å². The normalized spacial score (nSPS) is 10.3. The van der Waals surface area contributed by atoms with Crippen LogP contribution in [0.1, 0.15) is 12.5 Å². The van der Waals surface area contributed by atoms with Crippen LogP contribution in [0.4, 0.5) is 0 Å². The molecule has 2 aromatic rings. The van der Waals surface area contributed by atoms with Crippen LogP contribution in [0, 0.1) is 0 Å². The fraction of sp³-hybridized carbons (Fsp3) is 0.231. The zero-order valence-electron chi connectivity index (χ0n) is 10.6. The Bertz CT molecular complexity index is 640. The van der Waals surface area contributed by atoms with Crippen LogP contribution in [0.15, 0.2) is 29.1 Å². The SMILES string of the molecule is CCc1ccc(OC)cc1Oc1n[nH]c(Cl)cc1=O. The number of ether oxygens (including phenoxy) is 2. The number of benzene rings is 1. The minimum atomic E-state index is -0.381. The van der Waals surface area contributed by atoms with Crippen LogP contribution in [0.3, 0.4) is 0 Å². The van der Waals surface area contributed by atoms with Crippen molar-refractivity contribution in [3.63, 3.8) is 0 Å². The summed E-state index contributed by atoms with van der Waals surface area (Å²) in [6.07, 6.45) is 0.769. The number of nitrogens with zero attached hydrogens (tertiary/aromatic N) is 1. The molecule has 2 rings (SSSR count). The molecule has 0 aliphatic heterocycles. The quantitative estimate of drug-likeness (QED) is 0.935. The van der Waals surface area contributed by atoms with Gasteiger partial charge in [-0.15, -0.1) is 5.10 Å². The van der Waals surface area contributed by atoms with E-state index in [1.165, 1.54) is 6.07 Å². The Balaban J connectivity index is 2.39. The lowest BCUT2D eigenvalue weighted by Gasteiger charge is -2.10. The van der Waals surface area contributed by atoms with Crippen molar-refractivity contribution in [3.8, 4) is 17.4 Å². The van der Waals surface area contributed by atoms with Gasteiger partial charge in [0.05, 0.1) is 7.11 Å². The maximum absolute atomic E-state index is 11.7. The van der Waals surface area contributed by atoms with Crippen LogP contribution < -0.4 is 14.9 Å². The minimum absolute atomic E-state index is 0.0487. The predicted octanol–water partition coefficient (Wildman–Crippen LogP) is 2.79. The fourth-order valence-electron chi connectivity index (χ4n) is 1.59. The second kappa shape index (κ2) is 5.75. The van der Waals surface area contributed by atoms with E-state index in [1.54, 1.807) is 13.2 Å². The maximum atomic E-state index is 11.7. The molecule has 6 heteroatoms. The molecule has 0 aliphatic rings. The molecule has 1 aromatic carbocycles. The van der Waals surface area contributed by atoms with Gasteiger partial charge in [0.15, 0.2) is 0 Å². The number of nitrogens with one attached hydrogen (secondary N) is 1. The lowest BCUT2D eigenvalue weighted by molar-refractivity contribution is 0.404. The highest BCUT2D eigenvalue weighted by atomic mass is 35.5. The highest BCUT2D eigenvalue weighted by Crippen LogP contribution is 2.27. The molecule has 19 heavy (non-hydrogen) atoms. The van der Waals surface area contributed by atoms with Crippen LogP contribution in [-0.4, -0.2) is 17.3 Å². The first-order valence-corrected chi connectivity index (χ1v) is 6.11. The number of methoxy groups -OCH3 is 1. The van der Waals surface area contributed by atoms with Crippen molar-refractivity contribution in [1.82, 2.24) is 10.2 Å². The van der Waals surface area contributed by atoms with E-state index < -0.39 is 0 Å². The van der Waals surface area contributed by atoms with Gasteiger partial charge in [-0.2, -0.15) is 0 Å². The molecule has 100 valence electrons. The number of halogens is 1. The van der Waals surface area contributed by atoms with Gasteiger partial charge >= 0.3 is 0 Å². The van der Waals surface area contributed by atoms with E-state index in [9.17, 15) is 4.79 Å². The number of aromatic amines is 1. The maximum Gasteiger partial charge on any atom is 0.285 e. The molecular formula is C13H13ClN2O3. The van der Waals surface area contributed by atoms with Gasteiger partial charge in [-0.05, 0) is 18.1 Å². The van der Waals surface area contributed by atoms with Crippen LogP contribution in [0.5, 0.6) is 17.4 Å². The molecule has 0 fully saturated rings. The summed E-state index contributed by atoms with van der Waals surface area (Å²) in [5.41, 5.74) is 0.575. The van der Waals surface area contributed by atoms with Gasteiger partial charge < -0.3 is 9.47 Å². The number of aromatic nitrogens is 2. The molecule has 0 radical (unpaired) electrons. The van der Waals surface area contributed by atoms with Gasteiger partial charge in [0.2, 0.25) is 5.43 Å². The summed E-state index contributed by atoms with van der Waals surface area (Å²) in [4.78, 5) is 11.7. The Morgan fingerprint density at radius 2 is 2.16 bits per heavy atom. The molecule has 0 amide bonds. The third kappa shape index (κ3) is 3.06. The van der Waals surface area contributed by atoms with Crippen molar-refractivity contribution in [1.29, 1.82) is 0 Å². The summed E-state index contributed by atoms with van der Waals surface area (Å²) in [5.74, 6) is 1.15. The van der Waals surface area contributed by atoms with Crippen molar-refractivity contribution in [2.24, 2.45) is 0 Å². The van der Waals surface area contributed by atoms with Gasteiger partial charge in [-0.3, -0.25) is 9.89 Å². The van der Waals surface area contributed by atoms with Gasteiger partial charge in [-0.25, -0.2) is 0 Å². The molecule has 1 heterocycles. The van der Waals surface area contributed by atoms with E-state index in [-0.39, 0.29) is 16.5 Å². The molecule has 0 atom stereocenters. The fourth-order valence-corrected chi connectivity index (χ4v) is 1.74. The average molecular weight is 281 g/mol. The van der Waals surface area contributed by atoms with Crippen LogP contribution in [0.25, 0.3) is 0 Å². The van der Waals surface area contributed by atoms with E-state index >= 15 is 0 Å². The van der Waals surface area contributed by atoms with Gasteiger partial charge in [-0.1, -0.05) is 24.6 Å².